The van der Waals surface area contributed by atoms with Crippen LogP contribution in [0.25, 0.3) is 0 Å². The van der Waals surface area contributed by atoms with E-state index in [2.05, 4.69) is 90.7 Å². The van der Waals surface area contributed by atoms with Crippen LogP contribution in [-0.2, 0) is 5.41 Å². The van der Waals surface area contributed by atoms with Crippen molar-refractivity contribution >= 4 is 18.4 Å². The molecule has 182 valence electrons. The van der Waals surface area contributed by atoms with E-state index in [4.69, 9.17) is 0 Å². The quantitative estimate of drug-likeness (QED) is 0.299. The predicted molar refractivity (Wildman–Crippen MR) is 146 cm³/mol. The Balaban J connectivity index is 2.08. The van der Waals surface area contributed by atoms with Crippen molar-refractivity contribution in [2.24, 2.45) is 35.5 Å². The van der Waals surface area contributed by atoms with E-state index in [1.807, 2.05) is 0 Å². The van der Waals surface area contributed by atoms with Gasteiger partial charge in [-0.2, -0.15) is 0 Å². The van der Waals surface area contributed by atoms with Gasteiger partial charge in [-0.3, -0.25) is 0 Å². The van der Waals surface area contributed by atoms with Gasteiger partial charge in [0, 0.05) is 0 Å². The molecule has 0 aliphatic heterocycles. The topological polar surface area (TPSA) is 0 Å². The first kappa shape index (κ1) is 26.6. The molecular formula is C31H54Sn. The van der Waals surface area contributed by atoms with Gasteiger partial charge in [-0.1, -0.05) is 0 Å². The molecule has 0 amide bonds. The van der Waals surface area contributed by atoms with Crippen LogP contribution >= 0.6 is 0 Å². The molecule has 2 aliphatic carbocycles. The van der Waals surface area contributed by atoms with Crippen LogP contribution in [0.1, 0.15) is 99.5 Å². The van der Waals surface area contributed by atoms with Crippen LogP contribution in [0.5, 0.6) is 0 Å². The maximum absolute atomic E-state index is 2.98. The van der Waals surface area contributed by atoms with Crippen molar-refractivity contribution in [3.05, 3.63) is 35.9 Å². The van der Waals surface area contributed by atoms with E-state index in [9.17, 15) is 0 Å². The second kappa shape index (κ2) is 10.7. The van der Waals surface area contributed by atoms with Crippen molar-refractivity contribution in [3.8, 4) is 0 Å². The maximum atomic E-state index is 2.98. The van der Waals surface area contributed by atoms with Crippen LogP contribution in [-0.4, -0.2) is 18.4 Å². The Morgan fingerprint density at radius 3 is 1.62 bits per heavy atom. The fourth-order valence-electron chi connectivity index (χ4n) is 8.40. The molecule has 1 aromatic rings. The van der Waals surface area contributed by atoms with Gasteiger partial charge in [0.25, 0.3) is 0 Å². The molecule has 6 atom stereocenters. The molecule has 0 nitrogen and oxygen atoms in total. The average Bonchev–Trinajstić information content (AvgIpc) is 2.73. The van der Waals surface area contributed by atoms with Crippen molar-refractivity contribution in [1.29, 1.82) is 0 Å². The number of hydrogen-bond donors (Lipinski definition) is 0. The normalized spacial score (nSPS) is 32.5. The molecule has 0 saturated heterocycles. The Kier molecular flexibility index (Phi) is 8.93. The van der Waals surface area contributed by atoms with Crippen LogP contribution in [0.3, 0.4) is 0 Å². The van der Waals surface area contributed by atoms with E-state index in [0.717, 1.165) is 43.4 Å². The van der Waals surface area contributed by atoms with Crippen molar-refractivity contribution in [2.75, 3.05) is 0 Å². The van der Waals surface area contributed by atoms with Gasteiger partial charge in [0.15, 0.2) is 0 Å². The number of hydrogen-bond acceptors (Lipinski definition) is 0. The zero-order valence-corrected chi connectivity index (χ0v) is 25.8. The molecule has 0 spiro atoms. The average molecular weight is 545 g/mol. The first-order chi connectivity index (χ1) is 15.0. The molecule has 0 radical (unpaired) electrons. The van der Waals surface area contributed by atoms with Gasteiger partial charge < -0.3 is 0 Å². The molecule has 2 aliphatic rings. The van der Waals surface area contributed by atoms with Gasteiger partial charge >= 0.3 is 206 Å². The van der Waals surface area contributed by atoms with Crippen molar-refractivity contribution in [2.45, 2.75) is 117 Å². The SMILES string of the molecule is CC(C)[C@@H]1CC[C@@H](C)C[C@H]1[Sn]([CH3])([CH2]C(C)(C)c1ccccc1)[C@@H]1C[C@H](C)CC[C@H]1C(C)C. The van der Waals surface area contributed by atoms with E-state index in [1.54, 1.807) is 5.56 Å². The third-order valence-electron chi connectivity index (χ3n) is 10.1. The van der Waals surface area contributed by atoms with E-state index in [1.165, 1.54) is 43.0 Å². The molecule has 0 unspecified atom stereocenters. The van der Waals surface area contributed by atoms with E-state index >= 15 is 0 Å². The summed E-state index contributed by atoms with van der Waals surface area (Å²) in [5.74, 6) is 5.52. The zero-order valence-electron chi connectivity index (χ0n) is 23.0. The standard InChI is InChI=1S/2C10H19.C10H13.CH3.Sn/c2*1-8(2)10-6-4-9(3)5-7-10;1-10(2,3)9-7-5-4-6-8-9;;/h2*6,8-10H,4-5,7H2,1-3H3;4-8H,1H2,2-3H3;1H3;/t2*9-,10-;;;/m00.../s1. The molecule has 0 aromatic heterocycles. The van der Waals surface area contributed by atoms with E-state index < -0.39 is 18.4 Å². The molecule has 1 heteroatoms. The molecule has 3 rings (SSSR count). The van der Waals surface area contributed by atoms with E-state index in [0.29, 0.717) is 5.41 Å². The summed E-state index contributed by atoms with van der Waals surface area (Å²) < 4.78 is 3.66. The fourth-order valence-corrected chi connectivity index (χ4v) is 31.6. The van der Waals surface area contributed by atoms with Gasteiger partial charge in [-0.15, -0.1) is 0 Å². The van der Waals surface area contributed by atoms with Crippen LogP contribution in [0, 0.1) is 35.5 Å². The van der Waals surface area contributed by atoms with Gasteiger partial charge in [-0.05, 0) is 0 Å². The van der Waals surface area contributed by atoms with Crippen molar-refractivity contribution < 1.29 is 0 Å². The van der Waals surface area contributed by atoms with Crippen LogP contribution < -0.4 is 0 Å². The van der Waals surface area contributed by atoms with Gasteiger partial charge in [0.1, 0.15) is 0 Å². The Hall–Kier alpha value is 0.0187. The second-order valence-electron chi connectivity index (χ2n) is 13.8. The molecule has 2 fully saturated rings. The Morgan fingerprint density at radius 2 is 1.22 bits per heavy atom. The first-order valence-electron chi connectivity index (χ1n) is 14.0. The first-order valence-corrected chi connectivity index (χ1v) is 22.2. The molecular weight excluding hydrogens is 491 g/mol. The summed E-state index contributed by atoms with van der Waals surface area (Å²) >= 11 is -2.62. The monoisotopic (exact) mass is 546 g/mol. The summed E-state index contributed by atoms with van der Waals surface area (Å²) in [6.45, 7) is 20.5. The summed E-state index contributed by atoms with van der Waals surface area (Å²) in [7, 11) is 0. The molecule has 0 heterocycles. The third-order valence-corrected chi connectivity index (χ3v) is 28.3. The molecule has 1 aromatic carbocycles. The Labute approximate surface area is 205 Å². The molecule has 32 heavy (non-hydrogen) atoms. The van der Waals surface area contributed by atoms with E-state index in [-0.39, 0.29) is 0 Å². The van der Waals surface area contributed by atoms with Crippen LogP contribution in [0.4, 0.5) is 0 Å². The summed E-state index contributed by atoms with van der Waals surface area (Å²) in [5, 5.41) is 0. The Morgan fingerprint density at radius 1 is 0.781 bits per heavy atom. The third kappa shape index (κ3) is 5.80. The molecule has 2 saturated carbocycles. The van der Waals surface area contributed by atoms with Crippen LogP contribution in [0.15, 0.2) is 30.3 Å². The van der Waals surface area contributed by atoms with Crippen molar-refractivity contribution in [1.82, 2.24) is 0 Å². The van der Waals surface area contributed by atoms with Gasteiger partial charge in [-0.25, -0.2) is 0 Å². The van der Waals surface area contributed by atoms with Gasteiger partial charge in [0.05, 0.1) is 0 Å². The summed E-state index contributed by atoms with van der Waals surface area (Å²) in [4.78, 5) is 2.98. The number of rotatable bonds is 7. The predicted octanol–water partition coefficient (Wildman–Crippen LogP) is 9.97. The number of benzene rings is 1. The molecule has 0 bridgehead atoms. The van der Waals surface area contributed by atoms with Crippen molar-refractivity contribution in [3.63, 3.8) is 0 Å². The fraction of sp³-hybridized carbons (Fsp3) is 0.806. The summed E-state index contributed by atoms with van der Waals surface area (Å²) in [5.41, 5.74) is 1.88. The summed E-state index contributed by atoms with van der Waals surface area (Å²) in [6.07, 6.45) is 9.01. The van der Waals surface area contributed by atoms with Gasteiger partial charge in [0.2, 0.25) is 0 Å². The van der Waals surface area contributed by atoms with Crippen LogP contribution in [0.2, 0.25) is 17.2 Å². The minimum atomic E-state index is -2.62. The summed E-state index contributed by atoms with van der Waals surface area (Å²) in [6, 6.07) is 11.6. The second-order valence-corrected chi connectivity index (χ2v) is 27.6. The zero-order chi connectivity index (χ0) is 23.7. The molecule has 0 N–H and O–H groups in total. The Bertz CT molecular complexity index is 670. The minimum absolute atomic E-state index is 0.302.